The van der Waals surface area contributed by atoms with Gasteiger partial charge in [-0.05, 0) is 13.3 Å². The van der Waals surface area contributed by atoms with E-state index in [2.05, 4.69) is 5.32 Å². The lowest BCUT2D eigenvalue weighted by atomic mass is 9.96. The number of aliphatic hydroxyl groups excluding tert-OH is 6. The zero-order chi connectivity index (χ0) is 17.9. The minimum Gasteiger partial charge on any atom is -0.394 e. The van der Waals surface area contributed by atoms with Crippen LogP contribution in [0.15, 0.2) is 0 Å². The molecule has 24 heavy (non-hydrogen) atoms. The predicted molar refractivity (Wildman–Crippen MR) is 78.7 cm³/mol. The van der Waals surface area contributed by atoms with Gasteiger partial charge in [-0.15, -0.1) is 0 Å². The Kier molecular flexibility index (Phi) is 7.31. The van der Waals surface area contributed by atoms with Gasteiger partial charge in [0, 0.05) is 6.61 Å². The molecule has 142 valence electrons. The average molecular weight is 353 g/mol. The molecule has 0 aromatic carbocycles. The Labute approximate surface area is 139 Å². The van der Waals surface area contributed by atoms with E-state index in [9.17, 15) is 30.6 Å². The van der Waals surface area contributed by atoms with Gasteiger partial charge in [0.15, 0.2) is 6.29 Å². The second kappa shape index (κ2) is 8.81. The Morgan fingerprint density at radius 2 is 1.79 bits per heavy atom. The number of hydrogen-bond donors (Lipinski definition) is 7. The van der Waals surface area contributed by atoms with Gasteiger partial charge in [0.2, 0.25) is 0 Å². The molecule has 0 bridgehead atoms. The highest BCUT2D eigenvalue weighted by Gasteiger charge is 2.47. The number of nitrogens with one attached hydrogen (secondary N) is 1. The molecule has 1 unspecified atom stereocenters. The summed E-state index contributed by atoms with van der Waals surface area (Å²) in [5.41, 5.74) is 0. The van der Waals surface area contributed by atoms with Crippen molar-refractivity contribution in [3.05, 3.63) is 0 Å². The van der Waals surface area contributed by atoms with Gasteiger partial charge in [-0.3, -0.25) is 5.32 Å². The molecule has 0 saturated carbocycles. The van der Waals surface area contributed by atoms with E-state index in [0.29, 0.717) is 6.42 Å². The molecule has 0 amide bonds. The van der Waals surface area contributed by atoms with Gasteiger partial charge in [0.25, 0.3) is 0 Å². The molecule has 2 rings (SSSR count). The van der Waals surface area contributed by atoms with Crippen LogP contribution in [0.2, 0.25) is 0 Å². The number of hydrogen-bond acceptors (Lipinski definition) is 10. The summed E-state index contributed by atoms with van der Waals surface area (Å²) in [5.74, 6) is 0. The van der Waals surface area contributed by atoms with Crippen LogP contribution in [0.1, 0.15) is 13.3 Å². The molecule has 0 spiro atoms. The monoisotopic (exact) mass is 353 g/mol. The van der Waals surface area contributed by atoms with E-state index in [-0.39, 0.29) is 13.2 Å². The first kappa shape index (κ1) is 19.9. The molecule has 0 aromatic heterocycles. The maximum atomic E-state index is 10.2. The third-order valence-corrected chi connectivity index (χ3v) is 4.28. The van der Waals surface area contributed by atoms with Crippen molar-refractivity contribution in [1.29, 1.82) is 0 Å². The van der Waals surface area contributed by atoms with E-state index in [1.807, 2.05) is 0 Å². The summed E-state index contributed by atoms with van der Waals surface area (Å²) >= 11 is 0. The van der Waals surface area contributed by atoms with Crippen LogP contribution in [0.4, 0.5) is 0 Å². The Hall–Kier alpha value is -0.400. The van der Waals surface area contributed by atoms with Gasteiger partial charge in [0.05, 0.1) is 25.4 Å². The van der Waals surface area contributed by atoms with Gasteiger partial charge in [-0.1, -0.05) is 0 Å². The van der Waals surface area contributed by atoms with E-state index in [0.717, 1.165) is 0 Å². The molecule has 0 aliphatic carbocycles. The summed E-state index contributed by atoms with van der Waals surface area (Å²) in [4.78, 5) is 0. The standard InChI is InChI=1S/C14H27NO9/c1-6(18)15-10-12(21)11(20)8(4-16)23-14(10)24-13-7(19)2-3-22-9(13)5-17/h6-21H,2-5H2,1H3/t6?,7-,8-,9-,10-,11-,12-,13+,14+/m1/s1. The Bertz CT molecular complexity index is 385. The first-order chi connectivity index (χ1) is 11.4. The fraction of sp³-hybridized carbons (Fsp3) is 1.00. The highest BCUT2D eigenvalue weighted by Crippen LogP contribution is 2.27. The van der Waals surface area contributed by atoms with Crippen LogP contribution < -0.4 is 5.32 Å². The highest BCUT2D eigenvalue weighted by atomic mass is 16.7. The number of rotatable bonds is 6. The van der Waals surface area contributed by atoms with Crippen LogP contribution in [0, 0.1) is 0 Å². The van der Waals surface area contributed by atoms with E-state index in [4.69, 9.17) is 14.2 Å². The minimum absolute atomic E-state index is 0.272. The van der Waals surface area contributed by atoms with Crippen molar-refractivity contribution in [3.63, 3.8) is 0 Å². The Balaban J connectivity index is 2.15. The van der Waals surface area contributed by atoms with Crippen molar-refractivity contribution in [1.82, 2.24) is 5.32 Å². The Morgan fingerprint density at radius 3 is 2.38 bits per heavy atom. The largest absolute Gasteiger partial charge is 0.394 e. The lowest BCUT2D eigenvalue weighted by molar-refractivity contribution is -0.309. The van der Waals surface area contributed by atoms with Crippen molar-refractivity contribution in [3.8, 4) is 0 Å². The molecule has 0 radical (unpaired) electrons. The normalized spacial score (nSPS) is 45.1. The molecule has 2 saturated heterocycles. The molecule has 2 aliphatic heterocycles. The number of aliphatic hydroxyl groups is 6. The third-order valence-electron chi connectivity index (χ3n) is 4.28. The van der Waals surface area contributed by atoms with Gasteiger partial charge in [0.1, 0.15) is 36.7 Å². The summed E-state index contributed by atoms with van der Waals surface area (Å²) in [6, 6.07) is -1.02. The molecule has 9 atom stereocenters. The van der Waals surface area contributed by atoms with Crippen LogP contribution in [0.3, 0.4) is 0 Å². The number of ether oxygens (including phenoxy) is 3. The van der Waals surface area contributed by atoms with E-state index in [1.165, 1.54) is 6.92 Å². The van der Waals surface area contributed by atoms with Crippen molar-refractivity contribution >= 4 is 0 Å². The molecule has 10 nitrogen and oxygen atoms in total. The second-order valence-electron chi connectivity index (χ2n) is 6.12. The highest BCUT2D eigenvalue weighted by molar-refractivity contribution is 4.95. The zero-order valence-electron chi connectivity index (χ0n) is 13.4. The summed E-state index contributed by atoms with van der Waals surface area (Å²) in [6.45, 7) is 0.765. The molecule has 10 heteroatoms. The summed E-state index contributed by atoms with van der Waals surface area (Å²) in [5, 5.41) is 61.1. The maximum absolute atomic E-state index is 10.2. The molecule has 2 heterocycles. The van der Waals surface area contributed by atoms with Crippen LogP contribution in [-0.4, -0.2) is 106 Å². The quantitative estimate of drug-likeness (QED) is 0.236. The van der Waals surface area contributed by atoms with Crippen molar-refractivity contribution in [2.45, 2.75) is 68.5 Å². The SMILES string of the molecule is CC(O)N[C@H]1[C@H](O[C@H]2[C@H](O)CCO[C@@H]2CO)O[C@H](CO)[C@@H](O)[C@@H]1O. The lowest BCUT2D eigenvalue weighted by Gasteiger charge is -2.45. The molecule has 2 fully saturated rings. The molecule has 7 N–H and O–H groups in total. The van der Waals surface area contributed by atoms with Gasteiger partial charge < -0.3 is 44.8 Å². The Morgan fingerprint density at radius 1 is 1.12 bits per heavy atom. The van der Waals surface area contributed by atoms with E-state index < -0.39 is 61.8 Å². The molecule has 0 aromatic rings. The molecular weight excluding hydrogens is 326 g/mol. The predicted octanol–water partition coefficient (Wildman–Crippen LogP) is -3.75. The van der Waals surface area contributed by atoms with Crippen molar-refractivity contribution in [2.24, 2.45) is 0 Å². The van der Waals surface area contributed by atoms with Gasteiger partial charge in [-0.2, -0.15) is 0 Å². The van der Waals surface area contributed by atoms with Gasteiger partial charge >= 0.3 is 0 Å². The third kappa shape index (κ3) is 4.41. The zero-order valence-corrected chi connectivity index (χ0v) is 13.4. The van der Waals surface area contributed by atoms with Crippen LogP contribution in [-0.2, 0) is 14.2 Å². The topological polar surface area (TPSA) is 161 Å². The van der Waals surface area contributed by atoms with Crippen LogP contribution >= 0.6 is 0 Å². The fourth-order valence-electron chi connectivity index (χ4n) is 2.99. The first-order valence-electron chi connectivity index (χ1n) is 8.01. The maximum Gasteiger partial charge on any atom is 0.176 e. The van der Waals surface area contributed by atoms with Crippen LogP contribution in [0.25, 0.3) is 0 Å². The molecular formula is C14H27NO9. The van der Waals surface area contributed by atoms with Gasteiger partial charge in [-0.25, -0.2) is 0 Å². The van der Waals surface area contributed by atoms with Crippen LogP contribution in [0.5, 0.6) is 0 Å². The fourth-order valence-corrected chi connectivity index (χ4v) is 2.99. The van der Waals surface area contributed by atoms with Crippen molar-refractivity contribution in [2.75, 3.05) is 19.8 Å². The lowest BCUT2D eigenvalue weighted by Crippen LogP contribution is -2.66. The summed E-state index contributed by atoms with van der Waals surface area (Å²) < 4.78 is 16.5. The average Bonchev–Trinajstić information content (AvgIpc) is 2.55. The smallest absolute Gasteiger partial charge is 0.176 e. The summed E-state index contributed by atoms with van der Waals surface area (Å²) in [6.07, 6.45) is -8.39. The van der Waals surface area contributed by atoms with Crippen molar-refractivity contribution < 1.29 is 44.8 Å². The summed E-state index contributed by atoms with van der Waals surface area (Å²) in [7, 11) is 0. The minimum atomic E-state index is -1.38. The molecule has 2 aliphatic rings. The first-order valence-corrected chi connectivity index (χ1v) is 8.01. The van der Waals surface area contributed by atoms with E-state index >= 15 is 0 Å². The second-order valence-corrected chi connectivity index (χ2v) is 6.12. The van der Waals surface area contributed by atoms with E-state index in [1.54, 1.807) is 0 Å².